The number of amides is 2. The van der Waals surface area contributed by atoms with E-state index in [1.807, 2.05) is 36.1 Å². The molecule has 1 aromatic carbocycles. The molecular formula is C24H36N2O3. The highest BCUT2D eigenvalue weighted by Gasteiger charge is 2.31. The van der Waals surface area contributed by atoms with Gasteiger partial charge in [0.05, 0.1) is 11.6 Å². The second-order valence-electron chi connectivity index (χ2n) is 8.92. The van der Waals surface area contributed by atoms with Crippen LogP contribution in [0.15, 0.2) is 24.3 Å². The first-order valence-corrected chi connectivity index (χ1v) is 11.3. The quantitative estimate of drug-likeness (QED) is 0.738. The van der Waals surface area contributed by atoms with Crippen LogP contribution in [0.5, 0.6) is 5.75 Å². The van der Waals surface area contributed by atoms with Gasteiger partial charge in [0.1, 0.15) is 12.4 Å². The molecule has 0 saturated heterocycles. The zero-order valence-corrected chi connectivity index (χ0v) is 18.2. The highest BCUT2D eigenvalue weighted by Crippen LogP contribution is 2.33. The Bertz CT molecular complexity index is 699. The van der Waals surface area contributed by atoms with Gasteiger partial charge >= 0.3 is 0 Å². The van der Waals surface area contributed by atoms with Gasteiger partial charge in [0.15, 0.2) is 0 Å². The molecule has 0 bridgehead atoms. The number of benzene rings is 1. The molecule has 29 heavy (non-hydrogen) atoms. The molecule has 160 valence electrons. The number of carbonyl (C=O) groups excluding carboxylic acids is 2. The minimum absolute atomic E-state index is 0.0331. The van der Waals surface area contributed by atoms with Gasteiger partial charge in [-0.3, -0.25) is 9.59 Å². The predicted molar refractivity (Wildman–Crippen MR) is 115 cm³/mol. The fourth-order valence-corrected chi connectivity index (χ4v) is 4.14. The average Bonchev–Trinajstić information content (AvgIpc) is 3.51. The average molecular weight is 401 g/mol. The van der Waals surface area contributed by atoms with Crippen LogP contribution < -0.4 is 4.74 Å². The van der Waals surface area contributed by atoms with Crippen molar-refractivity contribution < 1.29 is 14.3 Å². The van der Waals surface area contributed by atoms with Gasteiger partial charge in [0.2, 0.25) is 5.91 Å². The molecular weight excluding hydrogens is 364 g/mol. The molecule has 0 aromatic heterocycles. The molecule has 1 atom stereocenters. The zero-order chi connectivity index (χ0) is 20.8. The Labute approximate surface area is 175 Å². The number of para-hydroxylation sites is 1. The SMILES string of the molecule is CCN1CCCCN(C(=O)CC2CC2)[C@@H](CC(C)C)COc2ccccc2C1=O. The van der Waals surface area contributed by atoms with Gasteiger partial charge in [-0.1, -0.05) is 26.0 Å². The fourth-order valence-electron chi connectivity index (χ4n) is 4.14. The van der Waals surface area contributed by atoms with Crippen molar-refractivity contribution in [1.29, 1.82) is 0 Å². The van der Waals surface area contributed by atoms with E-state index in [0.29, 0.717) is 49.3 Å². The van der Waals surface area contributed by atoms with E-state index in [0.717, 1.165) is 25.8 Å². The summed E-state index contributed by atoms with van der Waals surface area (Å²) in [6.45, 7) is 8.96. The van der Waals surface area contributed by atoms with Crippen molar-refractivity contribution in [2.75, 3.05) is 26.2 Å². The van der Waals surface area contributed by atoms with Crippen LogP contribution in [0.2, 0.25) is 0 Å². The van der Waals surface area contributed by atoms with E-state index in [9.17, 15) is 9.59 Å². The van der Waals surface area contributed by atoms with Crippen LogP contribution in [0.3, 0.4) is 0 Å². The van der Waals surface area contributed by atoms with E-state index < -0.39 is 0 Å². The third-order valence-corrected chi connectivity index (χ3v) is 5.96. The second kappa shape index (κ2) is 10.1. The maximum Gasteiger partial charge on any atom is 0.257 e. The van der Waals surface area contributed by atoms with Crippen LogP contribution in [0.4, 0.5) is 0 Å². The summed E-state index contributed by atoms with van der Waals surface area (Å²) >= 11 is 0. The van der Waals surface area contributed by atoms with Crippen molar-refractivity contribution in [3.05, 3.63) is 29.8 Å². The van der Waals surface area contributed by atoms with Crippen LogP contribution in [-0.2, 0) is 4.79 Å². The van der Waals surface area contributed by atoms with E-state index in [2.05, 4.69) is 18.7 Å². The highest BCUT2D eigenvalue weighted by atomic mass is 16.5. The van der Waals surface area contributed by atoms with Crippen molar-refractivity contribution in [1.82, 2.24) is 9.80 Å². The minimum atomic E-state index is 0.0331. The topological polar surface area (TPSA) is 49.9 Å². The second-order valence-corrected chi connectivity index (χ2v) is 8.92. The Hall–Kier alpha value is -2.04. The first-order chi connectivity index (χ1) is 14.0. The molecule has 0 radical (unpaired) electrons. The third-order valence-electron chi connectivity index (χ3n) is 5.96. The Balaban J connectivity index is 1.85. The van der Waals surface area contributed by atoms with E-state index >= 15 is 0 Å². The molecule has 1 fully saturated rings. The molecule has 3 rings (SSSR count). The van der Waals surface area contributed by atoms with Crippen molar-refractivity contribution >= 4 is 11.8 Å². The maximum atomic E-state index is 13.1. The van der Waals surface area contributed by atoms with Gasteiger partial charge in [0.25, 0.3) is 5.91 Å². The summed E-state index contributed by atoms with van der Waals surface area (Å²) in [6.07, 6.45) is 5.77. The lowest BCUT2D eigenvalue weighted by atomic mass is 10.0. The van der Waals surface area contributed by atoms with Gasteiger partial charge in [-0.05, 0) is 63.0 Å². The fraction of sp³-hybridized carbons (Fsp3) is 0.667. The summed E-state index contributed by atoms with van der Waals surface area (Å²) in [4.78, 5) is 30.1. The van der Waals surface area contributed by atoms with Crippen molar-refractivity contribution in [2.45, 2.75) is 65.3 Å². The number of fused-ring (bicyclic) bond motifs is 1. The summed E-state index contributed by atoms with van der Waals surface area (Å²) in [5, 5.41) is 0. The van der Waals surface area contributed by atoms with Crippen molar-refractivity contribution in [3.8, 4) is 5.75 Å². The summed E-state index contributed by atoms with van der Waals surface area (Å²) in [5.41, 5.74) is 0.620. The van der Waals surface area contributed by atoms with Crippen LogP contribution in [0.1, 0.15) is 69.7 Å². The maximum absolute atomic E-state index is 13.1. The molecule has 1 saturated carbocycles. The van der Waals surface area contributed by atoms with Crippen LogP contribution >= 0.6 is 0 Å². The molecule has 5 nitrogen and oxygen atoms in total. The molecule has 1 heterocycles. The summed E-state index contributed by atoms with van der Waals surface area (Å²) in [5.74, 6) is 1.99. The summed E-state index contributed by atoms with van der Waals surface area (Å²) in [6, 6.07) is 7.56. The van der Waals surface area contributed by atoms with Gasteiger partial charge in [-0.25, -0.2) is 0 Å². The molecule has 1 aliphatic heterocycles. The van der Waals surface area contributed by atoms with Gasteiger partial charge in [-0.15, -0.1) is 0 Å². The first-order valence-electron chi connectivity index (χ1n) is 11.3. The monoisotopic (exact) mass is 400 g/mol. The lowest BCUT2D eigenvalue weighted by Crippen LogP contribution is -2.45. The summed E-state index contributed by atoms with van der Waals surface area (Å²) < 4.78 is 6.20. The number of carbonyl (C=O) groups is 2. The summed E-state index contributed by atoms with van der Waals surface area (Å²) in [7, 11) is 0. The lowest BCUT2D eigenvalue weighted by molar-refractivity contribution is -0.135. The first kappa shape index (κ1) is 21.7. The highest BCUT2D eigenvalue weighted by molar-refractivity contribution is 5.96. The van der Waals surface area contributed by atoms with E-state index in [4.69, 9.17) is 4.74 Å². The molecule has 0 spiro atoms. The van der Waals surface area contributed by atoms with Gasteiger partial charge < -0.3 is 14.5 Å². The minimum Gasteiger partial charge on any atom is -0.491 e. The number of ether oxygens (including phenoxy) is 1. The van der Waals surface area contributed by atoms with Crippen LogP contribution in [0.25, 0.3) is 0 Å². The number of hydrogen-bond acceptors (Lipinski definition) is 3. The van der Waals surface area contributed by atoms with E-state index in [-0.39, 0.29) is 17.9 Å². The van der Waals surface area contributed by atoms with Gasteiger partial charge in [-0.2, -0.15) is 0 Å². The molecule has 5 heteroatoms. The Kier molecular flexibility index (Phi) is 7.57. The zero-order valence-electron chi connectivity index (χ0n) is 18.2. The normalized spacial score (nSPS) is 21.2. The van der Waals surface area contributed by atoms with E-state index in [1.54, 1.807) is 0 Å². The Morgan fingerprint density at radius 3 is 2.59 bits per heavy atom. The number of hydrogen-bond donors (Lipinski definition) is 0. The standard InChI is InChI=1S/C24H36N2O3/c1-4-25-13-7-8-14-26(23(27)16-19-11-12-19)20(15-18(2)3)17-29-22-10-6-5-9-21(22)24(25)28/h5-6,9-10,18-20H,4,7-8,11-17H2,1-3H3/t20-/m0/s1. The Morgan fingerprint density at radius 1 is 1.17 bits per heavy atom. The smallest absolute Gasteiger partial charge is 0.257 e. The molecule has 0 unspecified atom stereocenters. The third kappa shape index (κ3) is 5.97. The van der Waals surface area contributed by atoms with Crippen LogP contribution in [0, 0.1) is 11.8 Å². The molecule has 2 amide bonds. The van der Waals surface area contributed by atoms with Crippen molar-refractivity contribution in [3.63, 3.8) is 0 Å². The largest absolute Gasteiger partial charge is 0.491 e. The molecule has 2 aliphatic rings. The number of rotatable bonds is 5. The van der Waals surface area contributed by atoms with Crippen LogP contribution in [-0.4, -0.2) is 53.9 Å². The molecule has 1 aromatic rings. The lowest BCUT2D eigenvalue weighted by Gasteiger charge is -2.34. The van der Waals surface area contributed by atoms with E-state index in [1.165, 1.54) is 12.8 Å². The number of nitrogens with zero attached hydrogens (tertiary/aromatic N) is 2. The Morgan fingerprint density at radius 2 is 1.90 bits per heavy atom. The van der Waals surface area contributed by atoms with Gasteiger partial charge in [0, 0.05) is 26.1 Å². The molecule has 1 aliphatic carbocycles. The molecule has 0 N–H and O–H groups in total. The van der Waals surface area contributed by atoms with Crippen molar-refractivity contribution in [2.24, 2.45) is 11.8 Å². The predicted octanol–water partition coefficient (Wildman–Crippen LogP) is 4.36.